The largest absolute Gasteiger partial charge is 0.309 e. The molecule has 1 aromatic heterocycles. The third-order valence-corrected chi connectivity index (χ3v) is 5.47. The van der Waals surface area contributed by atoms with Crippen molar-refractivity contribution in [3.05, 3.63) is 54.6 Å². The summed E-state index contributed by atoms with van der Waals surface area (Å²) in [5.74, 6) is 0. The Balaban J connectivity index is 2.50. The zero-order valence-electron chi connectivity index (χ0n) is 9.63. The van der Waals surface area contributed by atoms with Gasteiger partial charge in [0.15, 0.2) is 0 Å². The molecule has 1 heterocycles. The van der Waals surface area contributed by atoms with Gasteiger partial charge in [-0.15, -0.1) is 0 Å². The van der Waals surface area contributed by atoms with Crippen LogP contribution in [0.3, 0.4) is 0 Å². The quantitative estimate of drug-likeness (QED) is 0.806. The minimum Gasteiger partial charge on any atom is -0.309 e. The van der Waals surface area contributed by atoms with E-state index in [9.17, 15) is 0 Å². The number of rotatable bonds is 3. The molecule has 0 spiro atoms. The third kappa shape index (κ3) is 2.65. The molecule has 0 aliphatic carbocycles. The summed E-state index contributed by atoms with van der Waals surface area (Å²) in [6.45, 7) is 2.14. The SMILES string of the molecule is CNC(c1cscc1Br)c1cccc(Br)c1C. The number of hydrogen-bond acceptors (Lipinski definition) is 2. The zero-order valence-corrected chi connectivity index (χ0v) is 13.6. The zero-order chi connectivity index (χ0) is 12.4. The number of halogens is 2. The van der Waals surface area contributed by atoms with Crippen molar-refractivity contribution in [1.82, 2.24) is 5.32 Å². The highest BCUT2D eigenvalue weighted by atomic mass is 79.9. The first-order valence-corrected chi connectivity index (χ1v) is 7.82. The van der Waals surface area contributed by atoms with Gasteiger partial charge in [-0.1, -0.05) is 28.1 Å². The van der Waals surface area contributed by atoms with Crippen LogP contribution in [-0.4, -0.2) is 7.05 Å². The Morgan fingerprint density at radius 1 is 1.12 bits per heavy atom. The first kappa shape index (κ1) is 13.3. The molecule has 1 unspecified atom stereocenters. The van der Waals surface area contributed by atoms with Crippen LogP contribution < -0.4 is 5.32 Å². The van der Waals surface area contributed by atoms with E-state index in [2.05, 4.69) is 73.1 Å². The van der Waals surface area contributed by atoms with Crippen LogP contribution in [0.4, 0.5) is 0 Å². The molecule has 90 valence electrons. The molecule has 1 atom stereocenters. The Labute approximate surface area is 123 Å². The second-order valence-electron chi connectivity index (χ2n) is 3.85. The maximum absolute atomic E-state index is 3.61. The summed E-state index contributed by atoms with van der Waals surface area (Å²) >= 11 is 8.91. The van der Waals surface area contributed by atoms with Crippen molar-refractivity contribution < 1.29 is 0 Å². The molecule has 0 bridgehead atoms. The second-order valence-corrected chi connectivity index (χ2v) is 6.30. The summed E-state index contributed by atoms with van der Waals surface area (Å²) in [7, 11) is 2.00. The molecule has 2 aromatic rings. The lowest BCUT2D eigenvalue weighted by molar-refractivity contribution is 0.687. The lowest BCUT2D eigenvalue weighted by Crippen LogP contribution is -2.18. The molecule has 0 amide bonds. The maximum Gasteiger partial charge on any atom is 0.0596 e. The third-order valence-electron chi connectivity index (χ3n) is 2.86. The van der Waals surface area contributed by atoms with Crippen LogP contribution in [0.2, 0.25) is 0 Å². The predicted molar refractivity (Wildman–Crippen MR) is 81.8 cm³/mol. The molecular weight excluding hydrogens is 362 g/mol. The average Bonchev–Trinajstić information content (AvgIpc) is 2.72. The van der Waals surface area contributed by atoms with E-state index in [4.69, 9.17) is 0 Å². The Hall–Kier alpha value is -0.160. The highest BCUT2D eigenvalue weighted by molar-refractivity contribution is 9.10. The van der Waals surface area contributed by atoms with Crippen molar-refractivity contribution in [1.29, 1.82) is 0 Å². The van der Waals surface area contributed by atoms with E-state index in [0.29, 0.717) is 0 Å². The van der Waals surface area contributed by atoms with E-state index in [1.165, 1.54) is 21.2 Å². The van der Waals surface area contributed by atoms with E-state index in [0.717, 1.165) is 4.47 Å². The molecule has 1 aromatic carbocycles. The Bertz CT molecular complexity index is 522. The summed E-state index contributed by atoms with van der Waals surface area (Å²) in [4.78, 5) is 0. The molecule has 0 aliphatic heterocycles. The number of nitrogens with one attached hydrogen (secondary N) is 1. The molecule has 0 saturated carbocycles. The number of benzene rings is 1. The van der Waals surface area contributed by atoms with Crippen LogP contribution in [0.15, 0.2) is 37.9 Å². The van der Waals surface area contributed by atoms with Gasteiger partial charge in [0.25, 0.3) is 0 Å². The average molecular weight is 375 g/mol. The standard InChI is InChI=1S/C13H13Br2NS/c1-8-9(4-3-5-11(8)14)13(16-2)10-6-17-7-12(10)15/h3-7,13,16H,1-2H3. The second kappa shape index (κ2) is 5.65. The maximum atomic E-state index is 3.61. The lowest BCUT2D eigenvalue weighted by Gasteiger charge is -2.19. The van der Waals surface area contributed by atoms with Crippen molar-refractivity contribution in [2.45, 2.75) is 13.0 Å². The van der Waals surface area contributed by atoms with Gasteiger partial charge in [0.2, 0.25) is 0 Å². The number of hydrogen-bond donors (Lipinski definition) is 1. The molecule has 2 rings (SSSR count). The van der Waals surface area contributed by atoms with E-state index in [1.807, 2.05) is 7.05 Å². The van der Waals surface area contributed by atoms with Gasteiger partial charge in [-0.05, 0) is 58.0 Å². The fourth-order valence-corrected chi connectivity index (χ4v) is 3.85. The smallest absolute Gasteiger partial charge is 0.0596 e. The van der Waals surface area contributed by atoms with Gasteiger partial charge in [0.1, 0.15) is 0 Å². The summed E-state index contributed by atoms with van der Waals surface area (Å²) in [5, 5.41) is 7.69. The fourth-order valence-electron chi connectivity index (χ4n) is 1.91. The Kier molecular flexibility index (Phi) is 4.42. The first-order valence-electron chi connectivity index (χ1n) is 5.29. The van der Waals surface area contributed by atoms with Crippen LogP contribution >= 0.6 is 43.2 Å². The van der Waals surface area contributed by atoms with Crippen LogP contribution in [-0.2, 0) is 0 Å². The summed E-state index contributed by atoms with van der Waals surface area (Å²) < 4.78 is 2.32. The van der Waals surface area contributed by atoms with Crippen LogP contribution in [0.1, 0.15) is 22.7 Å². The van der Waals surface area contributed by atoms with E-state index in [1.54, 1.807) is 11.3 Å². The van der Waals surface area contributed by atoms with Gasteiger partial charge in [-0.25, -0.2) is 0 Å². The van der Waals surface area contributed by atoms with Gasteiger partial charge >= 0.3 is 0 Å². The molecular formula is C13H13Br2NS. The van der Waals surface area contributed by atoms with Crippen molar-refractivity contribution >= 4 is 43.2 Å². The van der Waals surface area contributed by atoms with Crippen molar-refractivity contribution in [2.75, 3.05) is 7.05 Å². The highest BCUT2D eigenvalue weighted by Crippen LogP contribution is 2.34. The van der Waals surface area contributed by atoms with Crippen LogP contribution in [0.25, 0.3) is 0 Å². The predicted octanol–water partition coefficient (Wildman–Crippen LogP) is 4.89. The molecule has 1 N–H and O–H groups in total. The minimum atomic E-state index is 0.230. The fraction of sp³-hybridized carbons (Fsp3) is 0.231. The van der Waals surface area contributed by atoms with Crippen LogP contribution in [0.5, 0.6) is 0 Å². The highest BCUT2D eigenvalue weighted by Gasteiger charge is 2.18. The van der Waals surface area contributed by atoms with Gasteiger partial charge in [0.05, 0.1) is 6.04 Å². The minimum absolute atomic E-state index is 0.230. The summed E-state index contributed by atoms with van der Waals surface area (Å²) in [6.07, 6.45) is 0. The lowest BCUT2D eigenvalue weighted by atomic mass is 9.97. The molecule has 17 heavy (non-hydrogen) atoms. The van der Waals surface area contributed by atoms with Gasteiger partial charge in [0, 0.05) is 14.3 Å². The van der Waals surface area contributed by atoms with Crippen LogP contribution in [0, 0.1) is 6.92 Å². The van der Waals surface area contributed by atoms with Crippen molar-refractivity contribution in [3.63, 3.8) is 0 Å². The Morgan fingerprint density at radius 2 is 1.88 bits per heavy atom. The van der Waals surface area contributed by atoms with Gasteiger partial charge < -0.3 is 5.32 Å². The first-order chi connectivity index (χ1) is 8.15. The molecule has 0 saturated heterocycles. The molecule has 0 aliphatic rings. The molecule has 0 radical (unpaired) electrons. The summed E-state index contributed by atoms with van der Waals surface area (Å²) in [5.41, 5.74) is 3.88. The normalized spacial score (nSPS) is 12.7. The topological polar surface area (TPSA) is 12.0 Å². The molecule has 0 fully saturated rings. The monoisotopic (exact) mass is 373 g/mol. The summed E-state index contributed by atoms with van der Waals surface area (Å²) in [6, 6.07) is 6.56. The van der Waals surface area contributed by atoms with Crippen molar-refractivity contribution in [2.24, 2.45) is 0 Å². The van der Waals surface area contributed by atoms with Crippen molar-refractivity contribution in [3.8, 4) is 0 Å². The van der Waals surface area contributed by atoms with Gasteiger partial charge in [-0.2, -0.15) is 11.3 Å². The van der Waals surface area contributed by atoms with E-state index < -0.39 is 0 Å². The Morgan fingerprint density at radius 3 is 2.47 bits per heavy atom. The van der Waals surface area contributed by atoms with E-state index in [-0.39, 0.29) is 6.04 Å². The van der Waals surface area contributed by atoms with E-state index >= 15 is 0 Å². The number of thiophene rings is 1. The van der Waals surface area contributed by atoms with Gasteiger partial charge in [-0.3, -0.25) is 0 Å². The molecule has 4 heteroatoms. The molecule has 1 nitrogen and oxygen atoms in total.